The van der Waals surface area contributed by atoms with Gasteiger partial charge in [-0.2, -0.15) is 0 Å². The van der Waals surface area contributed by atoms with Crippen molar-refractivity contribution in [3.05, 3.63) is 34.9 Å². The number of nitrogens with one attached hydrogen (secondary N) is 1. The lowest BCUT2D eigenvalue weighted by atomic mass is 9.94. The van der Waals surface area contributed by atoms with Crippen molar-refractivity contribution in [2.75, 3.05) is 13.1 Å². The zero-order valence-electron chi connectivity index (χ0n) is 14.6. The van der Waals surface area contributed by atoms with Crippen molar-refractivity contribution in [3.8, 4) is 0 Å². The van der Waals surface area contributed by atoms with E-state index in [0.717, 1.165) is 18.7 Å². The van der Waals surface area contributed by atoms with E-state index in [9.17, 15) is 4.79 Å². The van der Waals surface area contributed by atoms with Crippen molar-refractivity contribution in [2.45, 2.75) is 47.1 Å². The second kappa shape index (κ2) is 7.87. The number of urea groups is 1. The van der Waals surface area contributed by atoms with E-state index in [2.05, 4.69) is 33.0 Å². The zero-order chi connectivity index (χ0) is 16.9. The summed E-state index contributed by atoms with van der Waals surface area (Å²) in [6.07, 6.45) is 0. The molecule has 0 bridgehead atoms. The van der Waals surface area contributed by atoms with Crippen LogP contribution in [-0.4, -0.2) is 24.0 Å². The summed E-state index contributed by atoms with van der Waals surface area (Å²) in [5.41, 5.74) is 0.538. The maximum atomic E-state index is 12.7. The van der Waals surface area contributed by atoms with Crippen molar-refractivity contribution < 1.29 is 4.79 Å². The minimum Gasteiger partial charge on any atom is -0.329 e. The van der Waals surface area contributed by atoms with Gasteiger partial charge in [0, 0.05) is 18.1 Å². The van der Waals surface area contributed by atoms with Crippen LogP contribution in [0.4, 0.5) is 4.79 Å². The number of rotatable bonds is 6. The SMILES string of the molecule is CC(C)CN(CC(C)C)C(=O)NC(C)(C)c1cccc(Cl)c1. The molecule has 3 nitrogen and oxygen atoms in total. The van der Waals surface area contributed by atoms with Gasteiger partial charge in [0.25, 0.3) is 0 Å². The molecule has 2 amide bonds. The van der Waals surface area contributed by atoms with Crippen LogP contribution in [0.3, 0.4) is 0 Å². The van der Waals surface area contributed by atoms with Gasteiger partial charge in [-0.1, -0.05) is 51.4 Å². The first-order valence-electron chi connectivity index (χ1n) is 7.95. The number of nitrogens with zero attached hydrogens (tertiary/aromatic N) is 1. The Hall–Kier alpha value is -1.22. The Morgan fingerprint density at radius 1 is 1.18 bits per heavy atom. The Balaban J connectivity index is 2.86. The molecule has 0 unspecified atom stereocenters. The van der Waals surface area contributed by atoms with Crippen LogP contribution in [0.5, 0.6) is 0 Å². The molecule has 1 rings (SSSR count). The lowest BCUT2D eigenvalue weighted by molar-refractivity contribution is 0.173. The Bertz CT molecular complexity index is 488. The highest BCUT2D eigenvalue weighted by atomic mass is 35.5. The van der Waals surface area contributed by atoms with E-state index in [1.807, 2.05) is 43.0 Å². The lowest BCUT2D eigenvalue weighted by Gasteiger charge is -2.33. The van der Waals surface area contributed by atoms with Crippen LogP contribution in [-0.2, 0) is 5.54 Å². The maximum absolute atomic E-state index is 12.7. The third-order valence-corrected chi connectivity index (χ3v) is 3.66. The van der Waals surface area contributed by atoms with E-state index in [0.29, 0.717) is 16.9 Å². The molecule has 0 aliphatic heterocycles. The number of benzene rings is 1. The van der Waals surface area contributed by atoms with Gasteiger partial charge in [0.2, 0.25) is 0 Å². The van der Waals surface area contributed by atoms with Crippen LogP contribution in [0, 0.1) is 11.8 Å². The van der Waals surface area contributed by atoms with E-state index >= 15 is 0 Å². The Kier molecular flexibility index (Phi) is 6.73. The largest absolute Gasteiger partial charge is 0.329 e. The van der Waals surface area contributed by atoms with Gasteiger partial charge in [0.15, 0.2) is 0 Å². The summed E-state index contributed by atoms with van der Waals surface area (Å²) in [7, 11) is 0. The molecule has 124 valence electrons. The van der Waals surface area contributed by atoms with Gasteiger partial charge in [-0.15, -0.1) is 0 Å². The standard InChI is InChI=1S/C18H29ClN2O/c1-13(2)11-21(12-14(3)4)17(22)20-18(5,6)15-8-7-9-16(19)10-15/h7-10,13-14H,11-12H2,1-6H3,(H,20,22). The molecule has 0 saturated heterocycles. The number of carbonyl (C=O) groups excluding carboxylic acids is 1. The second-order valence-corrected chi connectivity index (χ2v) is 7.69. The van der Waals surface area contributed by atoms with Crippen LogP contribution >= 0.6 is 11.6 Å². The Morgan fingerprint density at radius 3 is 2.18 bits per heavy atom. The third kappa shape index (κ3) is 5.88. The van der Waals surface area contributed by atoms with Crippen LogP contribution in [0.2, 0.25) is 5.02 Å². The molecule has 0 saturated carbocycles. The smallest absolute Gasteiger partial charge is 0.318 e. The molecular weight excluding hydrogens is 296 g/mol. The van der Waals surface area contributed by atoms with E-state index in [-0.39, 0.29) is 6.03 Å². The average Bonchev–Trinajstić information content (AvgIpc) is 2.36. The van der Waals surface area contributed by atoms with E-state index in [1.165, 1.54) is 0 Å². The van der Waals surface area contributed by atoms with Gasteiger partial charge in [-0.05, 0) is 43.4 Å². The average molecular weight is 325 g/mol. The highest BCUT2D eigenvalue weighted by molar-refractivity contribution is 6.30. The number of halogens is 1. The third-order valence-electron chi connectivity index (χ3n) is 3.42. The monoisotopic (exact) mass is 324 g/mol. The van der Waals surface area contributed by atoms with Gasteiger partial charge >= 0.3 is 6.03 Å². The highest BCUT2D eigenvalue weighted by Gasteiger charge is 2.26. The van der Waals surface area contributed by atoms with Crippen LogP contribution in [0.1, 0.15) is 47.1 Å². The molecule has 0 aliphatic rings. The summed E-state index contributed by atoms with van der Waals surface area (Å²) in [6, 6.07) is 7.61. The van der Waals surface area contributed by atoms with Crippen LogP contribution in [0.15, 0.2) is 24.3 Å². The fourth-order valence-electron chi connectivity index (χ4n) is 2.42. The van der Waals surface area contributed by atoms with Crippen molar-refractivity contribution in [1.82, 2.24) is 10.2 Å². The summed E-state index contributed by atoms with van der Waals surface area (Å²) in [4.78, 5) is 14.6. The molecule has 0 fully saturated rings. The normalized spacial score (nSPS) is 11.9. The minimum absolute atomic E-state index is 0.0209. The van der Waals surface area contributed by atoms with Crippen molar-refractivity contribution in [1.29, 1.82) is 0 Å². The maximum Gasteiger partial charge on any atom is 0.318 e. The predicted octanol–water partition coefficient (Wildman–Crippen LogP) is 4.90. The molecular formula is C18H29ClN2O. The molecule has 1 aromatic carbocycles. The van der Waals surface area contributed by atoms with Gasteiger partial charge in [0.1, 0.15) is 0 Å². The summed E-state index contributed by atoms with van der Waals surface area (Å²) in [6.45, 7) is 14.0. The van der Waals surface area contributed by atoms with E-state index in [4.69, 9.17) is 11.6 Å². The van der Waals surface area contributed by atoms with Crippen molar-refractivity contribution in [2.24, 2.45) is 11.8 Å². The zero-order valence-corrected chi connectivity index (χ0v) is 15.4. The van der Waals surface area contributed by atoms with Crippen molar-refractivity contribution >= 4 is 17.6 Å². The first-order chi connectivity index (χ1) is 10.1. The topological polar surface area (TPSA) is 32.3 Å². The molecule has 0 spiro atoms. The Morgan fingerprint density at radius 2 is 1.73 bits per heavy atom. The molecule has 1 aromatic rings. The summed E-state index contributed by atoms with van der Waals surface area (Å²) in [5, 5.41) is 3.82. The molecule has 0 aromatic heterocycles. The lowest BCUT2D eigenvalue weighted by Crippen LogP contribution is -2.50. The van der Waals surface area contributed by atoms with Gasteiger partial charge in [0.05, 0.1) is 5.54 Å². The number of amides is 2. The fraction of sp³-hybridized carbons (Fsp3) is 0.611. The molecule has 0 heterocycles. The van der Waals surface area contributed by atoms with Crippen LogP contribution < -0.4 is 5.32 Å². The van der Waals surface area contributed by atoms with Gasteiger partial charge < -0.3 is 10.2 Å². The summed E-state index contributed by atoms with van der Waals surface area (Å²) >= 11 is 6.06. The summed E-state index contributed by atoms with van der Waals surface area (Å²) < 4.78 is 0. The van der Waals surface area contributed by atoms with Crippen molar-refractivity contribution in [3.63, 3.8) is 0 Å². The summed E-state index contributed by atoms with van der Waals surface area (Å²) in [5.74, 6) is 0.887. The highest BCUT2D eigenvalue weighted by Crippen LogP contribution is 2.23. The number of hydrogen-bond donors (Lipinski definition) is 1. The van der Waals surface area contributed by atoms with Crippen LogP contribution in [0.25, 0.3) is 0 Å². The molecule has 0 aliphatic carbocycles. The molecule has 0 radical (unpaired) electrons. The number of carbonyl (C=O) groups is 1. The minimum atomic E-state index is -0.464. The fourth-order valence-corrected chi connectivity index (χ4v) is 2.61. The Labute approximate surface area is 140 Å². The quantitative estimate of drug-likeness (QED) is 0.793. The first kappa shape index (κ1) is 18.8. The van der Waals surface area contributed by atoms with E-state index in [1.54, 1.807) is 0 Å². The molecule has 1 N–H and O–H groups in total. The second-order valence-electron chi connectivity index (χ2n) is 7.26. The van der Waals surface area contributed by atoms with E-state index < -0.39 is 5.54 Å². The first-order valence-corrected chi connectivity index (χ1v) is 8.32. The van der Waals surface area contributed by atoms with Gasteiger partial charge in [-0.3, -0.25) is 0 Å². The molecule has 22 heavy (non-hydrogen) atoms. The van der Waals surface area contributed by atoms with Gasteiger partial charge in [-0.25, -0.2) is 4.79 Å². The molecule has 0 atom stereocenters. The predicted molar refractivity (Wildman–Crippen MR) is 94.3 cm³/mol. The molecule has 4 heteroatoms. The number of hydrogen-bond acceptors (Lipinski definition) is 1.